The van der Waals surface area contributed by atoms with E-state index >= 15 is 0 Å². The molecule has 0 atom stereocenters. The lowest BCUT2D eigenvalue weighted by Gasteiger charge is -2.33. The average molecular weight is 328 g/mol. The Balaban J connectivity index is 0.00000169. The van der Waals surface area contributed by atoms with Gasteiger partial charge in [0.2, 0.25) is 5.91 Å². The van der Waals surface area contributed by atoms with E-state index in [2.05, 4.69) is 15.4 Å². The lowest BCUT2D eigenvalue weighted by atomic mass is 9.80. The Hall–Kier alpha value is -2.63. The molecule has 6 heteroatoms. The monoisotopic (exact) mass is 328 g/mol. The molecule has 0 spiro atoms. The van der Waals surface area contributed by atoms with Crippen LogP contribution in [0.3, 0.4) is 0 Å². The fourth-order valence-electron chi connectivity index (χ4n) is 3.24. The third-order valence-electron chi connectivity index (χ3n) is 4.66. The maximum atomic E-state index is 13.3. The van der Waals surface area contributed by atoms with E-state index in [1.165, 1.54) is 12.1 Å². The summed E-state index contributed by atoms with van der Waals surface area (Å²) in [6, 6.07) is 5.00. The van der Waals surface area contributed by atoms with Crippen LogP contribution in [0.5, 0.6) is 0 Å². The standard InChI is InChI=1S/C17H17FN4O.CH4/c1-19-17(23)10-4-13(5-10)22-9-11(7-21-22)15-8-20-16-6-12(18)2-3-14(15)16;/h2-3,6-10,13,20H,4-5H2,1H3,(H,19,23);1H4. The molecule has 4 rings (SSSR count). The molecule has 24 heavy (non-hydrogen) atoms. The van der Waals surface area contributed by atoms with Crippen LogP contribution in [0.15, 0.2) is 36.8 Å². The van der Waals surface area contributed by atoms with Gasteiger partial charge in [0.05, 0.1) is 12.2 Å². The number of benzene rings is 1. The second-order valence-corrected chi connectivity index (χ2v) is 6.04. The van der Waals surface area contributed by atoms with Gasteiger partial charge in [-0.25, -0.2) is 4.39 Å². The summed E-state index contributed by atoms with van der Waals surface area (Å²) < 4.78 is 15.2. The van der Waals surface area contributed by atoms with E-state index in [0.717, 1.165) is 34.9 Å². The topological polar surface area (TPSA) is 62.7 Å². The summed E-state index contributed by atoms with van der Waals surface area (Å²) in [6.07, 6.45) is 7.33. The second-order valence-electron chi connectivity index (χ2n) is 6.04. The van der Waals surface area contributed by atoms with Crippen LogP contribution in [-0.4, -0.2) is 27.7 Å². The van der Waals surface area contributed by atoms with Crippen molar-refractivity contribution in [2.75, 3.05) is 7.05 Å². The van der Waals surface area contributed by atoms with Gasteiger partial charge in [0.15, 0.2) is 0 Å². The molecule has 2 aromatic heterocycles. The number of aromatic amines is 1. The van der Waals surface area contributed by atoms with E-state index in [1.807, 2.05) is 23.3 Å². The SMILES string of the molecule is C.CNC(=O)C1CC(n2cc(-c3c[nH]c4cc(F)ccc34)cn2)C1. The number of rotatable bonds is 3. The van der Waals surface area contributed by atoms with E-state index in [-0.39, 0.29) is 31.1 Å². The van der Waals surface area contributed by atoms with E-state index in [1.54, 1.807) is 13.1 Å². The number of carbonyl (C=O) groups is 1. The zero-order chi connectivity index (χ0) is 16.0. The number of halogens is 1. The van der Waals surface area contributed by atoms with Crippen molar-refractivity contribution in [1.29, 1.82) is 0 Å². The van der Waals surface area contributed by atoms with E-state index in [9.17, 15) is 9.18 Å². The van der Waals surface area contributed by atoms with Crippen LogP contribution in [0, 0.1) is 11.7 Å². The van der Waals surface area contributed by atoms with Crippen molar-refractivity contribution in [3.63, 3.8) is 0 Å². The first kappa shape index (κ1) is 16.2. The van der Waals surface area contributed by atoms with Gasteiger partial charge in [-0.05, 0) is 31.0 Å². The molecule has 1 saturated carbocycles. The molecule has 1 amide bonds. The molecule has 1 aliphatic rings. The summed E-state index contributed by atoms with van der Waals surface area (Å²) in [4.78, 5) is 14.7. The molecule has 0 radical (unpaired) electrons. The van der Waals surface area contributed by atoms with Crippen LogP contribution in [0.1, 0.15) is 26.3 Å². The molecule has 0 aliphatic heterocycles. The van der Waals surface area contributed by atoms with Crippen molar-refractivity contribution >= 4 is 16.8 Å². The normalized spacial score (nSPS) is 19.6. The zero-order valence-electron chi connectivity index (χ0n) is 12.7. The number of nitrogens with one attached hydrogen (secondary N) is 2. The van der Waals surface area contributed by atoms with Gasteiger partial charge in [-0.15, -0.1) is 0 Å². The first-order chi connectivity index (χ1) is 11.2. The number of fused-ring (bicyclic) bond motifs is 1. The second kappa shape index (κ2) is 6.11. The van der Waals surface area contributed by atoms with E-state index in [0.29, 0.717) is 0 Å². The van der Waals surface area contributed by atoms with Crippen LogP contribution < -0.4 is 5.32 Å². The average Bonchev–Trinajstić information content (AvgIpc) is 3.11. The summed E-state index contributed by atoms with van der Waals surface area (Å²) in [7, 11) is 1.67. The van der Waals surface area contributed by atoms with Gasteiger partial charge >= 0.3 is 0 Å². The molecule has 0 unspecified atom stereocenters. The highest BCUT2D eigenvalue weighted by atomic mass is 19.1. The Morgan fingerprint density at radius 3 is 2.96 bits per heavy atom. The Kier molecular flexibility index (Phi) is 4.13. The highest BCUT2D eigenvalue weighted by Crippen LogP contribution is 2.38. The van der Waals surface area contributed by atoms with Gasteiger partial charge < -0.3 is 10.3 Å². The maximum absolute atomic E-state index is 13.3. The van der Waals surface area contributed by atoms with Crippen LogP contribution in [0.4, 0.5) is 4.39 Å². The molecule has 0 bridgehead atoms. The van der Waals surface area contributed by atoms with E-state index < -0.39 is 0 Å². The highest BCUT2D eigenvalue weighted by Gasteiger charge is 2.35. The summed E-state index contributed by atoms with van der Waals surface area (Å²) in [6.45, 7) is 0. The van der Waals surface area contributed by atoms with Crippen LogP contribution in [0.25, 0.3) is 22.0 Å². The van der Waals surface area contributed by atoms with E-state index in [4.69, 9.17) is 0 Å². The van der Waals surface area contributed by atoms with Crippen molar-refractivity contribution in [2.45, 2.75) is 26.3 Å². The first-order valence-corrected chi connectivity index (χ1v) is 7.68. The summed E-state index contributed by atoms with van der Waals surface area (Å²) in [5, 5.41) is 8.10. The summed E-state index contributed by atoms with van der Waals surface area (Å²) in [5.74, 6) is -0.0581. The molecular weight excluding hydrogens is 307 g/mol. The molecule has 1 aromatic carbocycles. The quantitative estimate of drug-likeness (QED) is 0.773. The van der Waals surface area contributed by atoms with Crippen LogP contribution in [0.2, 0.25) is 0 Å². The minimum atomic E-state index is -0.253. The van der Waals surface area contributed by atoms with Gasteiger partial charge in [-0.2, -0.15) is 5.10 Å². The van der Waals surface area contributed by atoms with Crippen molar-refractivity contribution < 1.29 is 9.18 Å². The van der Waals surface area contributed by atoms with Crippen molar-refractivity contribution in [2.24, 2.45) is 5.92 Å². The number of amides is 1. The largest absolute Gasteiger partial charge is 0.360 e. The molecule has 1 fully saturated rings. The zero-order valence-corrected chi connectivity index (χ0v) is 12.7. The Labute approximate surface area is 139 Å². The fraction of sp³-hybridized carbons (Fsp3) is 0.333. The molecule has 3 aromatic rings. The number of carbonyl (C=O) groups excluding carboxylic acids is 1. The third kappa shape index (κ3) is 2.58. The number of hydrogen-bond donors (Lipinski definition) is 2. The highest BCUT2D eigenvalue weighted by molar-refractivity contribution is 5.95. The van der Waals surface area contributed by atoms with Crippen molar-refractivity contribution in [3.8, 4) is 11.1 Å². The first-order valence-electron chi connectivity index (χ1n) is 7.68. The predicted molar refractivity (Wildman–Crippen MR) is 92.0 cm³/mol. The van der Waals surface area contributed by atoms with Gasteiger partial charge in [0.1, 0.15) is 5.82 Å². The molecule has 0 saturated heterocycles. The summed E-state index contributed by atoms with van der Waals surface area (Å²) >= 11 is 0. The predicted octanol–water partition coefficient (Wildman–Crippen LogP) is 3.50. The van der Waals surface area contributed by atoms with Gasteiger partial charge in [0.25, 0.3) is 0 Å². The Bertz CT molecular complexity index is 876. The minimum Gasteiger partial charge on any atom is -0.360 e. The number of aromatic nitrogens is 3. The minimum absolute atomic E-state index is 0. The maximum Gasteiger partial charge on any atom is 0.223 e. The van der Waals surface area contributed by atoms with Gasteiger partial charge in [0, 0.05) is 47.4 Å². The van der Waals surface area contributed by atoms with Crippen LogP contribution in [-0.2, 0) is 4.79 Å². The Morgan fingerprint density at radius 2 is 2.21 bits per heavy atom. The molecule has 126 valence electrons. The van der Waals surface area contributed by atoms with Crippen LogP contribution >= 0.6 is 0 Å². The van der Waals surface area contributed by atoms with Gasteiger partial charge in [-0.3, -0.25) is 9.48 Å². The molecule has 1 aliphatic carbocycles. The Morgan fingerprint density at radius 1 is 1.42 bits per heavy atom. The lowest BCUT2D eigenvalue weighted by Crippen LogP contribution is -2.38. The number of nitrogens with zero attached hydrogens (tertiary/aromatic N) is 2. The fourth-order valence-corrected chi connectivity index (χ4v) is 3.24. The third-order valence-corrected chi connectivity index (χ3v) is 4.66. The molecule has 2 heterocycles. The summed E-state index contributed by atoms with van der Waals surface area (Å²) in [5.41, 5.74) is 2.77. The molecule has 5 nitrogen and oxygen atoms in total. The van der Waals surface area contributed by atoms with Gasteiger partial charge in [-0.1, -0.05) is 7.43 Å². The molecular formula is C18H21FN4O. The number of hydrogen-bond acceptors (Lipinski definition) is 2. The smallest absolute Gasteiger partial charge is 0.223 e. The molecule has 2 N–H and O–H groups in total. The van der Waals surface area contributed by atoms with Crippen molar-refractivity contribution in [3.05, 3.63) is 42.6 Å². The van der Waals surface area contributed by atoms with Crippen molar-refractivity contribution in [1.82, 2.24) is 20.1 Å². The lowest BCUT2D eigenvalue weighted by molar-refractivity contribution is -0.128. The number of H-pyrrole nitrogens is 1.